The molecular weight excluding hydrogens is 352 g/mol. The monoisotopic (exact) mass is 382 g/mol. The van der Waals surface area contributed by atoms with E-state index in [4.69, 9.17) is 4.52 Å². The molecule has 0 radical (unpaired) electrons. The molecule has 2 aromatic rings. The quantitative estimate of drug-likeness (QED) is 0.869. The largest absolute Gasteiger partial charge is 0.370 e. The molecule has 1 N–H and O–H groups in total. The van der Waals surface area contributed by atoms with Crippen LogP contribution in [0.4, 0.5) is 11.4 Å². The number of nitrogens with zero attached hydrogens (tertiary/aromatic N) is 3. The average molecular weight is 383 g/mol. The van der Waals surface area contributed by atoms with E-state index < -0.39 is 0 Å². The Kier molecular flexibility index (Phi) is 5.15. The summed E-state index contributed by atoms with van der Waals surface area (Å²) in [6.45, 7) is 11.4. The summed E-state index contributed by atoms with van der Waals surface area (Å²) in [6.07, 6.45) is 3.89. The Morgan fingerprint density at radius 2 is 2.04 bits per heavy atom. The van der Waals surface area contributed by atoms with Crippen LogP contribution in [0, 0.1) is 20.8 Å². The number of nitrogens with one attached hydrogen (secondary N) is 1. The molecule has 6 nitrogen and oxygen atoms in total. The maximum atomic E-state index is 12.6. The van der Waals surface area contributed by atoms with E-state index >= 15 is 0 Å². The van der Waals surface area contributed by atoms with Gasteiger partial charge in [-0.15, -0.1) is 0 Å². The van der Waals surface area contributed by atoms with Crippen molar-refractivity contribution in [1.29, 1.82) is 0 Å². The number of aryl methyl sites for hydroxylation is 3. The average Bonchev–Trinajstić information content (AvgIpc) is 3.35. The van der Waals surface area contributed by atoms with E-state index in [-0.39, 0.29) is 5.91 Å². The summed E-state index contributed by atoms with van der Waals surface area (Å²) in [5.41, 5.74) is 4.39. The molecule has 1 aromatic heterocycles. The van der Waals surface area contributed by atoms with Crippen molar-refractivity contribution >= 4 is 17.3 Å². The van der Waals surface area contributed by atoms with E-state index in [2.05, 4.69) is 46.3 Å². The van der Waals surface area contributed by atoms with Crippen LogP contribution >= 0.6 is 0 Å². The fourth-order valence-electron chi connectivity index (χ4n) is 4.82. The smallest absolute Gasteiger partial charge is 0.261 e. The van der Waals surface area contributed by atoms with Crippen LogP contribution in [0.5, 0.6) is 0 Å². The molecule has 0 saturated carbocycles. The second-order valence-corrected chi connectivity index (χ2v) is 8.27. The first-order chi connectivity index (χ1) is 13.4. The Hall–Kier alpha value is -2.34. The SMILES string of the molecule is Cc1cc(NC(=O)c2c(C)noc2C)ccc1N1CCC(N2CCC[C@@H]2C)C1. The molecule has 0 bridgehead atoms. The van der Waals surface area contributed by atoms with Crippen molar-refractivity contribution in [2.45, 2.75) is 59.0 Å². The molecule has 1 unspecified atom stereocenters. The first kappa shape index (κ1) is 19.0. The number of benzene rings is 1. The second kappa shape index (κ2) is 7.59. The molecule has 1 aromatic carbocycles. The first-order valence-corrected chi connectivity index (χ1v) is 10.3. The van der Waals surface area contributed by atoms with Crippen molar-refractivity contribution < 1.29 is 9.32 Å². The molecule has 28 heavy (non-hydrogen) atoms. The lowest BCUT2D eigenvalue weighted by Crippen LogP contribution is -2.39. The van der Waals surface area contributed by atoms with Gasteiger partial charge in [-0.1, -0.05) is 5.16 Å². The van der Waals surface area contributed by atoms with Gasteiger partial charge < -0.3 is 14.7 Å². The van der Waals surface area contributed by atoms with Gasteiger partial charge in [-0.3, -0.25) is 9.69 Å². The Bertz CT molecular complexity index is 856. The van der Waals surface area contributed by atoms with Crippen LogP contribution in [-0.2, 0) is 0 Å². The number of aromatic nitrogens is 1. The normalized spacial score (nSPS) is 22.8. The van der Waals surface area contributed by atoms with E-state index in [1.165, 1.54) is 37.1 Å². The summed E-state index contributed by atoms with van der Waals surface area (Å²) in [7, 11) is 0. The van der Waals surface area contributed by atoms with Gasteiger partial charge in [-0.05, 0) is 77.3 Å². The van der Waals surface area contributed by atoms with Gasteiger partial charge in [-0.2, -0.15) is 0 Å². The number of likely N-dealkylation sites (tertiary alicyclic amines) is 1. The number of carbonyl (C=O) groups is 1. The van der Waals surface area contributed by atoms with Gasteiger partial charge in [-0.25, -0.2) is 0 Å². The Morgan fingerprint density at radius 3 is 2.68 bits per heavy atom. The molecule has 0 spiro atoms. The fraction of sp³-hybridized carbons (Fsp3) is 0.545. The molecule has 4 rings (SSSR count). The molecule has 150 valence electrons. The zero-order valence-electron chi connectivity index (χ0n) is 17.3. The van der Waals surface area contributed by atoms with E-state index in [9.17, 15) is 4.79 Å². The minimum Gasteiger partial charge on any atom is -0.370 e. The highest BCUT2D eigenvalue weighted by Gasteiger charge is 2.33. The van der Waals surface area contributed by atoms with Crippen molar-refractivity contribution in [2.24, 2.45) is 0 Å². The number of anilines is 2. The minimum absolute atomic E-state index is 0.173. The zero-order chi connectivity index (χ0) is 19.8. The third-order valence-corrected chi connectivity index (χ3v) is 6.29. The van der Waals surface area contributed by atoms with Crippen molar-refractivity contribution in [1.82, 2.24) is 10.1 Å². The van der Waals surface area contributed by atoms with Crippen molar-refractivity contribution in [2.75, 3.05) is 29.9 Å². The maximum absolute atomic E-state index is 12.6. The number of hydrogen-bond acceptors (Lipinski definition) is 5. The van der Waals surface area contributed by atoms with Crippen molar-refractivity contribution in [3.8, 4) is 0 Å². The summed E-state index contributed by atoms with van der Waals surface area (Å²) in [4.78, 5) is 17.7. The van der Waals surface area contributed by atoms with Crippen LogP contribution in [-0.4, -0.2) is 47.7 Å². The first-order valence-electron chi connectivity index (χ1n) is 10.3. The van der Waals surface area contributed by atoms with E-state index in [1.54, 1.807) is 13.8 Å². The number of rotatable bonds is 4. The minimum atomic E-state index is -0.173. The Labute approximate surface area is 166 Å². The van der Waals surface area contributed by atoms with Gasteiger partial charge in [0.1, 0.15) is 11.3 Å². The number of carbonyl (C=O) groups excluding carboxylic acids is 1. The molecule has 1 amide bonds. The lowest BCUT2D eigenvalue weighted by molar-refractivity contribution is 0.102. The van der Waals surface area contributed by atoms with Gasteiger partial charge in [0.25, 0.3) is 5.91 Å². The summed E-state index contributed by atoms with van der Waals surface area (Å²) in [5, 5.41) is 6.84. The highest BCUT2D eigenvalue weighted by atomic mass is 16.5. The van der Waals surface area contributed by atoms with E-state index in [1.807, 2.05) is 6.07 Å². The third-order valence-electron chi connectivity index (χ3n) is 6.29. The van der Waals surface area contributed by atoms with Gasteiger partial charge in [0.2, 0.25) is 0 Å². The highest BCUT2D eigenvalue weighted by molar-refractivity contribution is 6.05. The molecule has 2 aliphatic rings. The summed E-state index contributed by atoms with van der Waals surface area (Å²) >= 11 is 0. The van der Waals surface area contributed by atoms with Crippen LogP contribution in [0.3, 0.4) is 0 Å². The lowest BCUT2D eigenvalue weighted by atomic mass is 10.1. The molecule has 6 heteroatoms. The van der Waals surface area contributed by atoms with Crippen LogP contribution in [0.25, 0.3) is 0 Å². The van der Waals surface area contributed by atoms with Crippen LogP contribution in [0.15, 0.2) is 22.7 Å². The summed E-state index contributed by atoms with van der Waals surface area (Å²) < 4.78 is 5.10. The molecule has 0 aliphatic carbocycles. The molecule has 2 fully saturated rings. The predicted octanol–water partition coefficient (Wildman–Crippen LogP) is 3.92. The lowest BCUT2D eigenvalue weighted by Gasteiger charge is -2.29. The molecule has 2 atom stereocenters. The third kappa shape index (κ3) is 3.53. The predicted molar refractivity (Wildman–Crippen MR) is 111 cm³/mol. The molecular formula is C22H30N4O2. The van der Waals surface area contributed by atoms with Gasteiger partial charge >= 0.3 is 0 Å². The number of hydrogen-bond donors (Lipinski definition) is 1. The Morgan fingerprint density at radius 1 is 1.21 bits per heavy atom. The highest BCUT2D eigenvalue weighted by Crippen LogP contribution is 2.31. The topological polar surface area (TPSA) is 61.6 Å². The van der Waals surface area contributed by atoms with Gasteiger partial charge in [0.15, 0.2) is 0 Å². The van der Waals surface area contributed by atoms with Crippen LogP contribution < -0.4 is 10.2 Å². The molecule has 2 aliphatic heterocycles. The van der Waals surface area contributed by atoms with Crippen LogP contribution in [0.2, 0.25) is 0 Å². The van der Waals surface area contributed by atoms with E-state index in [0.29, 0.717) is 29.1 Å². The van der Waals surface area contributed by atoms with E-state index in [0.717, 1.165) is 18.8 Å². The second-order valence-electron chi connectivity index (χ2n) is 8.27. The molecule has 3 heterocycles. The Balaban J connectivity index is 1.44. The number of amides is 1. The van der Waals surface area contributed by atoms with Gasteiger partial charge in [0.05, 0.1) is 5.69 Å². The zero-order valence-corrected chi connectivity index (χ0v) is 17.3. The van der Waals surface area contributed by atoms with Crippen molar-refractivity contribution in [3.63, 3.8) is 0 Å². The van der Waals surface area contributed by atoms with Crippen molar-refractivity contribution in [3.05, 3.63) is 40.8 Å². The maximum Gasteiger partial charge on any atom is 0.261 e. The van der Waals surface area contributed by atoms with Gasteiger partial charge in [0, 0.05) is 36.5 Å². The fourth-order valence-corrected chi connectivity index (χ4v) is 4.82. The molecule has 2 saturated heterocycles. The summed E-state index contributed by atoms with van der Waals surface area (Å²) in [6, 6.07) is 7.55. The summed E-state index contributed by atoms with van der Waals surface area (Å²) in [5.74, 6) is 0.371. The van der Waals surface area contributed by atoms with Crippen LogP contribution in [0.1, 0.15) is 53.6 Å². The standard InChI is InChI=1S/C22H30N4O2/c1-14-12-18(23-22(27)21-16(3)24-28-17(21)4)7-8-20(14)25-11-9-19(13-25)26-10-5-6-15(26)2/h7-8,12,15,19H,5-6,9-11,13H2,1-4H3,(H,23,27)/t15-,19?/m0/s1.